The number of esters is 1. The summed E-state index contributed by atoms with van der Waals surface area (Å²) in [5.41, 5.74) is 1.84. The van der Waals surface area contributed by atoms with Crippen LogP contribution in [0.3, 0.4) is 0 Å². The quantitative estimate of drug-likeness (QED) is 0.533. The highest BCUT2D eigenvalue weighted by Gasteiger charge is 2.63. The predicted octanol–water partition coefficient (Wildman–Crippen LogP) is 1.74. The number of likely N-dealkylation sites (tertiary alicyclic amines) is 1. The molecule has 6 nitrogen and oxygen atoms in total. The zero-order chi connectivity index (χ0) is 17.3. The standard InChI is InChI=1S/C19H23NO5/c1-19-12-8-14-13(23-9-24-14)7-11(12)18(21)25-17(19)15(22-3)6-10-4-5-20(2)16(10)19/h6-7,12,15-17H,4-5,8-9H2,1-3H3/t12?,15-,16+,17+,19-/m1/s1. The summed E-state index contributed by atoms with van der Waals surface area (Å²) in [6.07, 6.45) is 5.21. The zero-order valence-electron chi connectivity index (χ0n) is 14.8. The van der Waals surface area contributed by atoms with Crippen LogP contribution in [0, 0.1) is 11.3 Å². The highest BCUT2D eigenvalue weighted by Crippen LogP contribution is 2.57. The van der Waals surface area contributed by atoms with Gasteiger partial charge in [-0.3, -0.25) is 4.90 Å². The molecule has 0 aromatic carbocycles. The van der Waals surface area contributed by atoms with Crippen LogP contribution in [0.25, 0.3) is 0 Å². The van der Waals surface area contributed by atoms with Gasteiger partial charge in [0.15, 0.2) is 5.76 Å². The highest BCUT2D eigenvalue weighted by molar-refractivity contribution is 5.91. The van der Waals surface area contributed by atoms with Gasteiger partial charge in [-0.05, 0) is 19.5 Å². The molecule has 134 valence electrons. The summed E-state index contributed by atoms with van der Waals surface area (Å²) < 4.78 is 22.8. The van der Waals surface area contributed by atoms with Gasteiger partial charge in [-0.25, -0.2) is 4.79 Å². The van der Waals surface area contributed by atoms with E-state index in [2.05, 4.69) is 24.9 Å². The van der Waals surface area contributed by atoms with E-state index in [0.29, 0.717) is 17.8 Å². The molecule has 0 N–H and O–H groups in total. The van der Waals surface area contributed by atoms with Crippen molar-refractivity contribution in [3.8, 4) is 0 Å². The normalized spacial score (nSPS) is 42.3. The third-order valence-corrected chi connectivity index (χ3v) is 6.69. The van der Waals surface area contributed by atoms with E-state index in [-0.39, 0.29) is 42.3 Å². The number of allylic oxidation sites excluding steroid dienone is 2. The van der Waals surface area contributed by atoms with Gasteiger partial charge in [-0.2, -0.15) is 0 Å². The maximum absolute atomic E-state index is 12.8. The first-order valence-electron chi connectivity index (χ1n) is 8.89. The lowest BCUT2D eigenvalue weighted by atomic mass is 9.56. The van der Waals surface area contributed by atoms with Crippen LogP contribution >= 0.6 is 0 Å². The lowest BCUT2D eigenvalue weighted by Crippen LogP contribution is -2.64. The first-order chi connectivity index (χ1) is 12.0. The number of carbonyl (C=O) groups excluding carboxylic acids is 1. The van der Waals surface area contributed by atoms with E-state index < -0.39 is 0 Å². The summed E-state index contributed by atoms with van der Waals surface area (Å²) >= 11 is 0. The summed E-state index contributed by atoms with van der Waals surface area (Å²) in [5, 5.41) is 0. The Morgan fingerprint density at radius 1 is 1.36 bits per heavy atom. The molecule has 3 aliphatic heterocycles. The fraction of sp³-hybridized carbons (Fsp3) is 0.632. The molecule has 0 amide bonds. The Morgan fingerprint density at radius 2 is 2.20 bits per heavy atom. The third kappa shape index (κ3) is 1.89. The molecule has 3 heterocycles. The molecule has 0 radical (unpaired) electrons. The Kier molecular flexibility index (Phi) is 3.16. The minimum absolute atomic E-state index is 0.0334. The van der Waals surface area contributed by atoms with Gasteiger partial charge >= 0.3 is 5.97 Å². The fourth-order valence-electron chi connectivity index (χ4n) is 5.56. The van der Waals surface area contributed by atoms with E-state index >= 15 is 0 Å². The molecule has 2 aliphatic carbocycles. The molecule has 1 unspecified atom stereocenters. The van der Waals surface area contributed by atoms with Crippen molar-refractivity contribution in [1.82, 2.24) is 4.90 Å². The molecule has 25 heavy (non-hydrogen) atoms. The second kappa shape index (κ2) is 5.11. The van der Waals surface area contributed by atoms with Gasteiger partial charge in [0.25, 0.3) is 0 Å². The van der Waals surface area contributed by atoms with Gasteiger partial charge in [-0.15, -0.1) is 0 Å². The molecule has 5 atom stereocenters. The molecule has 5 aliphatic rings. The number of carbonyl (C=O) groups is 1. The minimum Gasteiger partial charge on any atom is -0.458 e. The molecule has 5 rings (SSSR count). The topological polar surface area (TPSA) is 57.2 Å². The van der Waals surface area contributed by atoms with Crippen molar-refractivity contribution in [3.63, 3.8) is 0 Å². The van der Waals surface area contributed by atoms with Crippen molar-refractivity contribution in [3.05, 3.63) is 34.8 Å². The predicted molar refractivity (Wildman–Crippen MR) is 88.2 cm³/mol. The number of fused-ring (bicyclic) bond motifs is 5. The van der Waals surface area contributed by atoms with Crippen molar-refractivity contribution in [2.24, 2.45) is 11.3 Å². The van der Waals surface area contributed by atoms with Crippen molar-refractivity contribution in [1.29, 1.82) is 0 Å². The Hall–Kier alpha value is -1.79. The van der Waals surface area contributed by atoms with E-state index in [4.69, 9.17) is 18.9 Å². The average molecular weight is 345 g/mol. The molecule has 6 heteroatoms. The van der Waals surface area contributed by atoms with Gasteiger partial charge in [0.05, 0.1) is 0 Å². The Labute approximate surface area is 147 Å². The molecule has 0 spiro atoms. The third-order valence-electron chi connectivity index (χ3n) is 6.69. The SMILES string of the molecule is CO[C@@H]1C=C2CCN(C)[C@@H]2[C@@]2(C)C3CC4=C(C=C3C(=O)O[C@@H]12)OCO4. The molecular weight excluding hydrogens is 322 g/mol. The molecule has 0 bridgehead atoms. The first-order valence-corrected chi connectivity index (χ1v) is 8.89. The number of methoxy groups -OCH3 is 1. The molecule has 2 saturated heterocycles. The molecule has 2 fully saturated rings. The summed E-state index contributed by atoms with van der Waals surface area (Å²) in [4.78, 5) is 15.1. The van der Waals surface area contributed by atoms with E-state index in [1.807, 2.05) is 6.08 Å². The molecule has 0 saturated carbocycles. The van der Waals surface area contributed by atoms with Crippen LogP contribution in [-0.2, 0) is 23.7 Å². The van der Waals surface area contributed by atoms with E-state index in [1.165, 1.54) is 5.57 Å². The van der Waals surface area contributed by atoms with Crippen LogP contribution in [0.1, 0.15) is 19.8 Å². The van der Waals surface area contributed by atoms with E-state index in [9.17, 15) is 4.79 Å². The van der Waals surface area contributed by atoms with Crippen LogP contribution in [0.4, 0.5) is 0 Å². The summed E-state index contributed by atoms with van der Waals surface area (Å²) in [7, 11) is 3.85. The summed E-state index contributed by atoms with van der Waals surface area (Å²) in [6, 6.07) is 0.245. The zero-order valence-corrected chi connectivity index (χ0v) is 14.8. The van der Waals surface area contributed by atoms with Crippen LogP contribution in [0.15, 0.2) is 34.8 Å². The lowest BCUT2D eigenvalue weighted by Gasteiger charge is -2.56. The van der Waals surface area contributed by atoms with Gasteiger partial charge in [0, 0.05) is 43.0 Å². The van der Waals surface area contributed by atoms with Crippen LogP contribution in [-0.4, -0.2) is 56.6 Å². The second-order valence-corrected chi connectivity index (χ2v) is 7.82. The van der Waals surface area contributed by atoms with Crippen molar-refractivity contribution >= 4 is 5.97 Å². The van der Waals surface area contributed by atoms with Gasteiger partial charge in [0.1, 0.15) is 18.0 Å². The number of nitrogens with zero attached hydrogens (tertiary/aromatic N) is 1. The van der Waals surface area contributed by atoms with Crippen molar-refractivity contribution in [2.75, 3.05) is 27.5 Å². The van der Waals surface area contributed by atoms with Crippen molar-refractivity contribution < 1.29 is 23.7 Å². The Bertz CT molecular complexity index is 738. The van der Waals surface area contributed by atoms with E-state index in [0.717, 1.165) is 18.7 Å². The van der Waals surface area contributed by atoms with Crippen LogP contribution in [0.5, 0.6) is 0 Å². The lowest BCUT2D eigenvalue weighted by molar-refractivity contribution is -0.184. The second-order valence-electron chi connectivity index (χ2n) is 7.82. The molecule has 0 aromatic heterocycles. The van der Waals surface area contributed by atoms with Gasteiger partial charge in [-0.1, -0.05) is 18.6 Å². The van der Waals surface area contributed by atoms with Crippen LogP contribution in [0.2, 0.25) is 0 Å². The monoisotopic (exact) mass is 345 g/mol. The van der Waals surface area contributed by atoms with Crippen molar-refractivity contribution in [2.45, 2.75) is 38.0 Å². The summed E-state index contributed by atoms with van der Waals surface area (Å²) in [5.74, 6) is 1.31. The van der Waals surface area contributed by atoms with Gasteiger partial charge in [0.2, 0.25) is 6.79 Å². The number of likely N-dealkylation sites (N-methyl/N-ethyl adjacent to an activating group) is 1. The van der Waals surface area contributed by atoms with Crippen LogP contribution < -0.4 is 0 Å². The smallest absolute Gasteiger partial charge is 0.334 e. The number of hydrogen-bond acceptors (Lipinski definition) is 6. The Morgan fingerprint density at radius 3 is 3.00 bits per heavy atom. The number of ether oxygens (including phenoxy) is 4. The average Bonchev–Trinajstić information content (AvgIpc) is 3.21. The van der Waals surface area contributed by atoms with E-state index in [1.54, 1.807) is 7.11 Å². The Balaban J connectivity index is 1.65. The number of hydrogen-bond donors (Lipinski definition) is 0. The largest absolute Gasteiger partial charge is 0.458 e. The number of rotatable bonds is 1. The summed E-state index contributed by atoms with van der Waals surface area (Å²) in [6.45, 7) is 3.49. The first kappa shape index (κ1) is 15.5. The molecule has 0 aromatic rings. The molecular formula is C19H23NO5. The maximum atomic E-state index is 12.8. The fourth-order valence-corrected chi connectivity index (χ4v) is 5.56. The minimum atomic E-state index is -0.300. The highest BCUT2D eigenvalue weighted by atomic mass is 16.7. The maximum Gasteiger partial charge on any atom is 0.334 e. The van der Waals surface area contributed by atoms with Gasteiger partial charge < -0.3 is 18.9 Å².